The van der Waals surface area contributed by atoms with Crippen molar-refractivity contribution in [3.63, 3.8) is 0 Å². The van der Waals surface area contributed by atoms with Crippen molar-refractivity contribution in [3.05, 3.63) is 24.3 Å². The Morgan fingerprint density at radius 2 is 2.12 bits per heavy atom. The second-order valence-corrected chi connectivity index (χ2v) is 4.21. The summed E-state index contributed by atoms with van der Waals surface area (Å²) in [5.41, 5.74) is 0.771. The molecular weight excluding hydrogens is 238 g/mol. The van der Waals surface area contributed by atoms with Crippen LogP contribution in [0.15, 0.2) is 29.4 Å². The van der Waals surface area contributed by atoms with Crippen LogP contribution in [0.4, 0.5) is 0 Å². The average Bonchev–Trinajstić information content (AvgIpc) is 2.79. The predicted octanol–water partition coefficient (Wildman–Crippen LogP) is 1.37. The molecule has 6 nitrogen and oxygen atoms in total. The van der Waals surface area contributed by atoms with E-state index in [0.717, 1.165) is 5.69 Å². The first-order valence-corrected chi connectivity index (χ1v) is 5.87. The maximum absolute atomic E-state index is 9.19. The maximum atomic E-state index is 9.19. The molecule has 1 N–H and O–H groups in total. The van der Waals surface area contributed by atoms with Crippen molar-refractivity contribution in [3.8, 4) is 17.5 Å². The summed E-state index contributed by atoms with van der Waals surface area (Å²) in [5.74, 6) is 0.843. The maximum Gasteiger partial charge on any atom is 0.214 e. The van der Waals surface area contributed by atoms with Crippen LogP contribution in [0.5, 0.6) is 5.75 Å². The van der Waals surface area contributed by atoms with E-state index in [1.165, 1.54) is 11.8 Å². The van der Waals surface area contributed by atoms with Gasteiger partial charge in [0.15, 0.2) is 0 Å². The summed E-state index contributed by atoms with van der Waals surface area (Å²) >= 11 is 1.42. The van der Waals surface area contributed by atoms with Crippen LogP contribution in [0, 0.1) is 11.3 Å². The van der Waals surface area contributed by atoms with E-state index in [9.17, 15) is 5.11 Å². The van der Waals surface area contributed by atoms with Crippen molar-refractivity contribution in [2.75, 3.05) is 5.75 Å². The summed E-state index contributed by atoms with van der Waals surface area (Å²) in [5, 5.41) is 29.6. The Morgan fingerprint density at radius 3 is 2.82 bits per heavy atom. The van der Waals surface area contributed by atoms with Crippen molar-refractivity contribution < 1.29 is 5.11 Å². The predicted molar refractivity (Wildman–Crippen MR) is 61.8 cm³/mol. The molecule has 2 rings (SSSR count). The highest BCUT2D eigenvalue weighted by Gasteiger charge is 2.08. The molecule has 0 unspecified atom stereocenters. The van der Waals surface area contributed by atoms with E-state index in [0.29, 0.717) is 17.3 Å². The van der Waals surface area contributed by atoms with Crippen LogP contribution < -0.4 is 0 Å². The Bertz CT molecular complexity index is 530. The number of benzene rings is 1. The molecule has 7 heteroatoms. The number of aromatic nitrogens is 4. The summed E-state index contributed by atoms with van der Waals surface area (Å²) in [6, 6.07) is 8.65. The van der Waals surface area contributed by atoms with Gasteiger partial charge in [-0.1, -0.05) is 11.8 Å². The molecule has 17 heavy (non-hydrogen) atoms. The Balaban J connectivity index is 2.19. The molecule has 0 atom stereocenters. The van der Waals surface area contributed by atoms with E-state index < -0.39 is 0 Å². The van der Waals surface area contributed by atoms with Crippen LogP contribution >= 0.6 is 11.8 Å². The second kappa shape index (κ2) is 5.32. The summed E-state index contributed by atoms with van der Waals surface area (Å²) in [6.45, 7) is 0. The fraction of sp³-hybridized carbons (Fsp3) is 0.200. The van der Waals surface area contributed by atoms with Gasteiger partial charge in [0.25, 0.3) is 0 Å². The molecule has 0 fully saturated rings. The molecule has 1 heterocycles. The normalized spacial score (nSPS) is 10.1. The third kappa shape index (κ3) is 2.73. The third-order valence-electron chi connectivity index (χ3n) is 1.98. The van der Waals surface area contributed by atoms with Gasteiger partial charge in [0.2, 0.25) is 5.16 Å². The third-order valence-corrected chi connectivity index (χ3v) is 2.90. The number of hydrogen-bond donors (Lipinski definition) is 1. The van der Waals surface area contributed by atoms with Crippen LogP contribution in [-0.4, -0.2) is 31.1 Å². The van der Waals surface area contributed by atoms with Crippen LogP contribution in [-0.2, 0) is 0 Å². The van der Waals surface area contributed by atoms with Crippen molar-refractivity contribution in [1.82, 2.24) is 20.2 Å². The van der Waals surface area contributed by atoms with Crippen molar-refractivity contribution in [2.24, 2.45) is 0 Å². The number of thioether (sulfide) groups is 1. The molecule has 0 aliphatic carbocycles. The lowest BCUT2D eigenvalue weighted by molar-refractivity contribution is 0.475. The van der Waals surface area contributed by atoms with Gasteiger partial charge in [-0.15, -0.1) is 5.10 Å². The smallest absolute Gasteiger partial charge is 0.214 e. The number of nitrogens with zero attached hydrogens (tertiary/aromatic N) is 5. The Morgan fingerprint density at radius 1 is 1.35 bits per heavy atom. The van der Waals surface area contributed by atoms with Gasteiger partial charge >= 0.3 is 0 Å². The van der Waals surface area contributed by atoms with E-state index in [2.05, 4.69) is 21.6 Å². The Kier molecular flexibility index (Phi) is 3.57. The van der Waals surface area contributed by atoms with Gasteiger partial charge in [-0.3, -0.25) is 0 Å². The zero-order valence-corrected chi connectivity index (χ0v) is 9.63. The van der Waals surface area contributed by atoms with Gasteiger partial charge in [0.1, 0.15) is 5.75 Å². The minimum Gasteiger partial charge on any atom is -0.508 e. The standard InChI is InChI=1S/C10H9N5OS/c11-6-1-7-17-10-12-13-14-15(10)8-2-4-9(16)5-3-8/h2-5,16H,1,7H2. The highest BCUT2D eigenvalue weighted by atomic mass is 32.2. The number of nitriles is 1. The van der Waals surface area contributed by atoms with Crippen LogP contribution in [0.3, 0.4) is 0 Å². The minimum absolute atomic E-state index is 0.195. The first kappa shape index (κ1) is 11.4. The van der Waals surface area contributed by atoms with Crippen molar-refractivity contribution >= 4 is 11.8 Å². The summed E-state index contributed by atoms with van der Waals surface area (Å²) in [7, 11) is 0. The van der Waals surface area contributed by atoms with Crippen LogP contribution in [0.2, 0.25) is 0 Å². The van der Waals surface area contributed by atoms with Crippen LogP contribution in [0.1, 0.15) is 6.42 Å². The topological polar surface area (TPSA) is 87.6 Å². The summed E-state index contributed by atoms with van der Waals surface area (Å²) in [6.07, 6.45) is 0.451. The quantitative estimate of drug-likeness (QED) is 0.648. The first-order valence-electron chi connectivity index (χ1n) is 4.89. The zero-order valence-electron chi connectivity index (χ0n) is 8.82. The largest absolute Gasteiger partial charge is 0.508 e. The van der Waals surface area contributed by atoms with Gasteiger partial charge in [-0.05, 0) is 34.7 Å². The van der Waals surface area contributed by atoms with E-state index >= 15 is 0 Å². The average molecular weight is 247 g/mol. The van der Waals surface area contributed by atoms with E-state index in [1.807, 2.05) is 0 Å². The monoisotopic (exact) mass is 247 g/mol. The summed E-state index contributed by atoms with van der Waals surface area (Å²) in [4.78, 5) is 0. The molecule has 0 saturated carbocycles. The molecule has 0 aliphatic heterocycles. The molecule has 0 aliphatic rings. The molecular formula is C10H9N5OS. The number of aromatic hydroxyl groups is 1. The van der Waals surface area contributed by atoms with E-state index in [-0.39, 0.29) is 5.75 Å². The highest BCUT2D eigenvalue weighted by molar-refractivity contribution is 7.99. The molecule has 1 aromatic carbocycles. The second-order valence-electron chi connectivity index (χ2n) is 3.15. The lowest BCUT2D eigenvalue weighted by Gasteiger charge is -2.02. The zero-order chi connectivity index (χ0) is 12.1. The lowest BCUT2D eigenvalue weighted by Crippen LogP contribution is -1.98. The number of phenolic OH excluding ortho intramolecular Hbond substituents is 1. The molecule has 0 spiro atoms. The van der Waals surface area contributed by atoms with Gasteiger partial charge in [0, 0.05) is 12.2 Å². The number of rotatable bonds is 4. The molecule has 0 amide bonds. The molecule has 0 saturated heterocycles. The van der Waals surface area contributed by atoms with Gasteiger partial charge < -0.3 is 5.11 Å². The van der Waals surface area contributed by atoms with Gasteiger partial charge in [-0.2, -0.15) is 9.94 Å². The Hall–Kier alpha value is -2.07. The Labute approximate surface area is 102 Å². The minimum atomic E-state index is 0.195. The van der Waals surface area contributed by atoms with Gasteiger partial charge in [0.05, 0.1) is 11.8 Å². The van der Waals surface area contributed by atoms with E-state index in [4.69, 9.17) is 5.26 Å². The lowest BCUT2D eigenvalue weighted by atomic mass is 10.3. The number of tetrazole rings is 1. The first-order chi connectivity index (χ1) is 8.31. The molecule has 0 radical (unpaired) electrons. The van der Waals surface area contributed by atoms with Crippen molar-refractivity contribution in [2.45, 2.75) is 11.6 Å². The fourth-order valence-electron chi connectivity index (χ4n) is 1.21. The molecule has 86 valence electrons. The number of phenols is 1. The fourth-order valence-corrected chi connectivity index (χ4v) is 1.95. The molecule has 0 bridgehead atoms. The van der Waals surface area contributed by atoms with Crippen LogP contribution in [0.25, 0.3) is 5.69 Å². The highest BCUT2D eigenvalue weighted by Crippen LogP contribution is 2.20. The van der Waals surface area contributed by atoms with Crippen molar-refractivity contribution in [1.29, 1.82) is 5.26 Å². The summed E-state index contributed by atoms with van der Waals surface area (Å²) < 4.78 is 1.57. The number of hydrogen-bond acceptors (Lipinski definition) is 6. The SMILES string of the molecule is N#CCCSc1nnnn1-c1ccc(O)cc1. The molecule has 1 aromatic heterocycles. The van der Waals surface area contributed by atoms with Gasteiger partial charge in [-0.25, -0.2) is 0 Å². The molecule has 2 aromatic rings. The van der Waals surface area contributed by atoms with E-state index in [1.54, 1.807) is 28.9 Å².